The molecule has 0 aliphatic carbocycles. The Morgan fingerprint density at radius 1 is 1.00 bits per heavy atom. The highest BCUT2D eigenvalue weighted by Gasteiger charge is 2.32. The zero-order valence-corrected chi connectivity index (χ0v) is 20.9. The van der Waals surface area contributed by atoms with Gasteiger partial charge in [-0.15, -0.1) is 0 Å². The molecule has 0 saturated carbocycles. The van der Waals surface area contributed by atoms with E-state index in [0.29, 0.717) is 35.9 Å². The lowest BCUT2D eigenvalue weighted by atomic mass is 9.96. The molecule has 0 bridgehead atoms. The monoisotopic (exact) mass is 509 g/mol. The van der Waals surface area contributed by atoms with Gasteiger partial charge in [0.15, 0.2) is 0 Å². The highest BCUT2D eigenvalue weighted by molar-refractivity contribution is 7.92. The summed E-state index contributed by atoms with van der Waals surface area (Å²) in [6.07, 6.45) is 2.45. The van der Waals surface area contributed by atoms with E-state index in [1.54, 1.807) is 18.2 Å². The van der Waals surface area contributed by atoms with Crippen molar-refractivity contribution in [2.24, 2.45) is 5.92 Å². The van der Waals surface area contributed by atoms with Crippen LogP contribution >= 0.6 is 11.6 Å². The largest absolute Gasteiger partial charge is 0.326 e. The third-order valence-electron chi connectivity index (χ3n) is 6.73. The van der Waals surface area contributed by atoms with Gasteiger partial charge in [0.25, 0.3) is 10.0 Å². The first-order valence-corrected chi connectivity index (χ1v) is 13.7. The van der Waals surface area contributed by atoms with Crippen LogP contribution in [0.3, 0.4) is 0 Å². The maximum Gasteiger partial charge on any atom is 0.264 e. The molecule has 3 aromatic rings. The molecule has 0 unspecified atom stereocenters. The van der Waals surface area contributed by atoms with Crippen molar-refractivity contribution in [3.63, 3.8) is 0 Å². The molecular formula is C27H28ClN3O3S. The van der Waals surface area contributed by atoms with Crippen LogP contribution in [0.15, 0.2) is 77.7 Å². The lowest BCUT2D eigenvalue weighted by molar-refractivity contribution is -0.121. The molecular weight excluding hydrogens is 482 g/mol. The van der Waals surface area contributed by atoms with Crippen LogP contribution in [0.1, 0.15) is 24.0 Å². The molecule has 6 nitrogen and oxygen atoms in total. The van der Waals surface area contributed by atoms with Crippen LogP contribution in [-0.2, 0) is 27.8 Å². The number of likely N-dealkylation sites (tertiary alicyclic amines) is 1. The van der Waals surface area contributed by atoms with Crippen molar-refractivity contribution in [3.8, 4) is 0 Å². The Balaban J connectivity index is 1.29. The molecule has 1 amide bonds. The Morgan fingerprint density at radius 3 is 2.54 bits per heavy atom. The predicted octanol–water partition coefficient (Wildman–Crippen LogP) is 4.94. The number of hydrogen-bond donors (Lipinski definition) is 1. The number of benzene rings is 3. The topological polar surface area (TPSA) is 69.7 Å². The van der Waals surface area contributed by atoms with Gasteiger partial charge < -0.3 is 5.32 Å². The number of nitrogens with zero attached hydrogens (tertiary/aromatic N) is 2. The second kappa shape index (κ2) is 10.0. The van der Waals surface area contributed by atoms with Gasteiger partial charge in [-0.2, -0.15) is 0 Å². The van der Waals surface area contributed by atoms with Crippen molar-refractivity contribution in [2.75, 3.05) is 29.3 Å². The number of carbonyl (C=O) groups excluding carboxylic acids is 1. The van der Waals surface area contributed by atoms with Gasteiger partial charge in [-0.1, -0.05) is 48.0 Å². The Hall–Kier alpha value is -2.87. The Kier molecular flexibility index (Phi) is 6.82. The molecule has 0 aromatic heterocycles. The molecule has 8 heteroatoms. The second-order valence-corrected chi connectivity index (χ2v) is 11.5. The number of piperidine rings is 1. The van der Waals surface area contributed by atoms with Crippen LogP contribution < -0.4 is 9.62 Å². The first kappa shape index (κ1) is 23.9. The average molecular weight is 510 g/mol. The molecule has 2 aliphatic rings. The van der Waals surface area contributed by atoms with Gasteiger partial charge in [0.1, 0.15) is 0 Å². The fourth-order valence-corrected chi connectivity index (χ4v) is 6.53. The van der Waals surface area contributed by atoms with Gasteiger partial charge in [-0.3, -0.25) is 14.0 Å². The summed E-state index contributed by atoms with van der Waals surface area (Å²) in [5, 5.41) is 3.53. The average Bonchev–Trinajstić information content (AvgIpc) is 3.29. The van der Waals surface area contributed by atoms with Crippen molar-refractivity contribution in [2.45, 2.75) is 30.7 Å². The fourth-order valence-electron chi connectivity index (χ4n) is 4.91. The first-order valence-electron chi connectivity index (χ1n) is 11.9. The Morgan fingerprint density at radius 2 is 1.77 bits per heavy atom. The Bertz CT molecular complexity index is 1310. The van der Waals surface area contributed by atoms with Crippen LogP contribution in [-0.4, -0.2) is 38.9 Å². The number of carbonyl (C=O) groups is 1. The number of anilines is 2. The number of rotatable bonds is 6. The second-order valence-electron chi connectivity index (χ2n) is 9.17. The summed E-state index contributed by atoms with van der Waals surface area (Å²) in [6.45, 7) is 2.90. The molecule has 35 heavy (non-hydrogen) atoms. The summed E-state index contributed by atoms with van der Waals surface area (Å²) in [4.78, 5) is 15.6. The van der Waals surface area contributed by atoms with Gasteiger partial charge in [0.2, 0.25) is 5.91 Å². The lowest BCUT2D eigenvalue weighted by Crippen LogP contribution is -2.40. The number of halogens is 1. The van der Waals surface area contributed by atoms with E-state index in [-0.39, 0.29) is 16.7 Å². The molecule has 3 aromatic carbocycles. The number of nitrogens with one attached hydrogen (secondary N) is 1. The number of amides is 1. The fraction of sp³-hybridized carbons (Fsp3) is 0.296. The molecule has 1 atom stereocenters. The molecule has 2 heterocycles. The van der Waals surface area contributed by atoms with E-state index in [4.69, 9.17) is 11.6 Å². The van der Waals surface area contributed by atoms with Crippen LogP contribution in [0, 0.1) is 5.92 Å². The van der Waals surface area contributed by atoms with Gasteiger partial charge in [0, 0.05) is 30.3 Å². The Labute approximate surface area is 211 Å². The number of fused-ring (bicyclic) bond motifs is 1. The highest BCUT2D eigenvalue weighted by atomic mass is 35.5. The van der Waals surface area contributed by atoms with E-state index in [1.165, 1.54) is 22.0 Å². The molecule has 5 rings (SSSR count). The minimum Gasteiger partial charge on any atom is -0.326 e. The van der Waals surface area contributed by atoms with Crippen molar-refractivity contribution in [1.82, 2.24) is 4.90 Å². The molecule has 0 spiro atoms. The van der Waals surface area contributed by atoms with Crippen molar-refractivity contribution in [1.29, 1.82) is 0 Å². The van der Waals surface area contributed by atoms with Crippen LogP contribution in [0.5, 0.6) is 0 Å². The van der Waals surface area contributed by atoms with Gasteiger partial charge in [-0.05, 0) is 73.3 Å². The summed E-state index contributed by atoms with van der Waals surface area (Å²) in [5.41, 5.74) is 3.43. The third-order valence-corrected chi connectivity index (χ3v) is 8.81. The molecule has 1 N–H and O–H groups in total. The van der Waals surface area contributed by atoms with Gasteiger partial charge in [0.05, 0.1) is 16.5 Å². The minimum absolute atomic E-state index is 0.0205. The van der Waals surface area contributed by atoms with E-state index < -0.39 is 10.0 Å². The first-order chi connectivity index (χ1) is 16.9. The quantitative estimate of drug-likeness (QED) is 0.511. The van der Waals surface area contributed by atoms with E-state index >= 15 is 0 Å². The van der Waals surface area contributed by atoms with E-state index in [1.807, 2.05) is 30.3 Å². The molecule has 182 valence electrons. The van der Waals surface area contributed by atoms with E-state index in [2.05, 4.69) is 22.3 Å². The van der Waals surface area contributed by atoms with E-state index in [0.717, 1.165) is 31.5 Å². The lowest BCUT2D eigenvalue weighted by Gasteiger charge is -2.32. The maximum absolute atomic E-state index is 13.3. The molecule has 0 radical (unpaired) electrons. The maximum atomic E-state index is 13.3. The molecule has 1 saturated heterocycles. The zero-order valence-electron chi connectivity index (χ0n) is 19.4. The van der Waals surface area contributed by atoms with Crippen molar-refractivity contribution in [3.05, 3.63) is 88.9 Å². The van der Waals surface area contributed by atoms with Crippen LogP contribution in [0.2, 0.25) is 5.02 Å². The normalized spacial score (nSPS) is 18.3. The smallest absolute Gasteiger partial charge is 0.264 e. The predicted molar refractivity (Wildman–Crippen MR) is 139 cm³/mol. The van der Waals surface area contributed by atoms with Crippen LogP contribution in [0.4, 0.5) is 11.4 Å². The van der Waals surface area contributed by atoms with E-state index in [9.17, 15) is 13.2 Å². The molecule has 1 fully saturated rings. The van der Waals surface area contributed by atoms with Gasteiger partial charge in [-0.25, -0.2) is 8.42 Å². The highest BCUT2D eigenvalue weighted by Crippen LogP contribution is 2.35. The van der Waals surface area contributed by atoms with Gasteiger partial charge >= 0.3 is 0 Å². The molecule has 2 aliphatic heterocycles. The standard InChI is InChI=1S/C27H28ClN3O3S/c28-23-9-12-25(13-10-23)35(33,34)31-16-14-21-8-11-24(17-26(21)31)29-27(32)22-7-4-15-30(19-22)18-20-5-2-1-3-6-20/h1-3,5-6,8-13,17,22H,4,7,14-16,18-19H2,(H,29,32)/t22-/m1/s1. The van der Waals surface area contributed by atoms with Crippen molar-refractivity contribution < 1.29 is 13.2 Å². The van der Waals surface area contributed by atoms with Crippen molar-refractivity contribution >= 4 is 38.9 Å². The summed E-state index contributed by atoms with van der Waals surface area (Å²) in [7, 11) is -3.72. The zero-order chi connectivity index (χ0) is 24.4. The third kappa shape index (κ3) is 5.22. The number of hydrogen-bond acceptors (Lipinski definition) is 4. The summed E-state index contributed by atoms with van der Waals surface area (Å²) >= 11 is 5.93. The summed E-state index contributed by atoms with van der Waals surface area (Å²) < 4.78 is 28.0. The number of sulfonamides is 1. The van der Waals surface area contributed by atoms with Crippen LogP contribution in [0.25, 0.3) is 0 Å². The minimum atomic E-state index is -3.72. The summed E-state index contributed by atoms with van der Waals surface area (Å²) in [6, 6.07) is 22.0. The summed E-state index contributed by atoms with van der Waals surface area (Å²) in [5.74, 6) is -0.123. The SMILES string of the molecule is O=C(Nc1ccc2c(c1)N(S(=O)(=O)c1ccc(Cl)cc1)CC2)[C@@H]1CCCN(Cc2ccccc2)C1.